The molecule has 1 saturated heterocycles. The highest BCUT2D eigenvalue weighted by Crippen LogP contribution is 2.19. The average Bonchev–Trinajstić information content (AvgIpc) is 3.17. The van der Waals surface area contributed by atoms with Gasteiger partial charge in [-0.05, 0) is 31.6 Å². The molecule has 3 rings (SSSR count). The van der Waals surface area contributed by atoms with Gasteiger partial charge in [-0.1, -0.05) is 25.1 Å². The summed E-state index contributed by atoms with van der Waals surface area (Å²) >= 11 is 0. The molecule has 0 saturated carbocycles. The molecule has 106 valence electrons. The minimum Gasteiger partial charge on any atom is -0.419 e. The first kappa shape index (κ1) is 13.3. The number of nitrogens with zero attached hydrogens (tertiary/aromatic N) is 3. The summed E-state index contributed by atoms with van der Waals surface area (Å²) in [6.45, 7) is 6.04. The molecule has 1 aromatic carbocycles. The van der Waals surface area contributed by atoms with Crippen molar-refractivity contribution < 1.29 is 4.42 Å². The molecule has 20 heavy (non-hydrogen) atoms. The molecule has 5 nitrogen and oxygen atoms in total. The van der Waals surface area contributed by atoms with Crippen LogP contribution in [0.15, 0.2) is 34.7 Å². The zero-order valence-electron chi connectivity index (χ0n) is 11.7. The molecule has 0 radical (unpaired) electrons. The van der Waals surface area contributed by atoms with Crippen LogP contribution in [-0.2, 0) is 6.54 Å². The van der Waals surface area contributed by atoms with Crippen molar-refractivity contribution in [2.45, 2.75) is 25.9 Å². The predicted octanol–water partition coefficient (Wildman–Crippen LogP) is 1.92. The van der Waals surface area contributed by atoms with Crippen LogP contribution in [0.2, 0.25) is 0 Å². The summed E-state index contributed by atoms with van der Waals surface area (Å²) in [5, 5.41) is 11.7. The summed E-state index contributed by atoms with van der Waals surface area (Å²) in [5.41, 5.74) is 0.969. The molecular formula is C15H20N4O. The van der Waals surface area contributed by atoms with E-state index in [2.05, 4.69) is 27.3 Å². The minimum atomic E-state index is 0.576. The second kappa shape index (κ2) is 6.15. The molecule has 2 heterocycles. The van der Waals surface area contributed by atoms with Gasteiger partial charge >= 0.3 is 0 Å². The van der Waals surface area contributed by atoms with E-state index in [0.717, 1.165) is 31.7 Å². The summed E-state index contributed by atoms with van der Waals surface area (Å²) in [7, 11) is 0. The van der Waals surface area contributed by atoms with Crippen molar-refractivity contribution in [1.82, 2.24) is 20.4 Å². The molecular weight excluding hydrogens is 252 g/mol. The Morgan fingerprint density at radius 2 is 2.15 bits per heavy atom. The maximum atomic E-state index is 5.78. The van der Waals surface area contributed by atoms with Gasteiger partial charge in [0.25, 0.3) is 0 Å². The van der Waals surface area contributed by atoms with Crippen molar-refractivity contribution in [2.24, 2.45) is 0 Å². The van der Waals surface area contributed by atoms with Crippen LogP contribution >= 0.6 is 0 Å². The fourth-order valence-electron chi connectivity index (χ4n) is 2.64. The maximum absolute atomic E-state index is 5.78. The Labute approximate surface area is 119 Å². The van der Waals surface area contributed by atoms with E-state index in [4.69, 9.17) is 4.42 Å². The smallest absolute Gasteiger partial charge is 0.247 e. The van der Waals surface area contributed by atoms with E-state index in [1.165, 1.54) is 6.42 Å². The summed E-state index contributed by atoms with van der Waals surface area (Å²) < 4.78 is 5.78. The van der Waals surface area contributed by atoms with Gasteiger partial charge in [0.15, 0.2) is 0 Å². The van der Waals surface area contributed by atoms with Gasteiger partial charge in [0.2, 0.25) is 11.8 Å². The van der Waals surface area contributed by atoms with Crippen LogP contribution in [0.3, 0.4) is 0 Å². The third-order valence-electron chi connectivity index (χ3n) is 3.78. The van der Waals surface area contributed by atoms with Gasteiger partial charge in [0.1, 0.15) is 0 Å². The molecule has 1 fully saturated rings. The number of likely N-dealkylation sites (N-methyl/N-ethyl adjacent to an activating group) is 1. The topological polar surface area (TPSA) is 54.2 Å². The Hall–Kier alpha value is -1.72. The van der Waals surface area contributed by atoms with E-state index in [0.29, 0.717) is 17.8 Å². The Bertz CT molecular complexity index is 534. The number of hydrogen-bond acceptors (Lipinski definition) is 5. The van der Waals surface area contributed by atoms with Gasteiger partial charge in [0, 0.05) is 18.2 Å². The van der Waals surface area contributed by atoms with Crippen LogP contribution in [-0.4, -0.2) is 40.8 Å². The predicted molar refractivity (Wildman–Crippen MR) is 77.1 cm³/mol. The second-order valence-electron chi connectivity index (χ2n) is 5.08. The maximum Gasteiger partial charge on any atom is 0.247 e. The van der Waals surface area contributed by atoms with Crippen LogP contribution < -0.4 is 5.32 Å². The monoisotopic (exact) mass is 272 g/mol. The van der Waals surface area contributed by atoms with E-state index in [1.807, 2.05) is 30.3 Å². The summed E-state index contributed by atoms with van der Waals surface area (Å²) in [6, 6.07) is 10.5. The number of nitrogens with one attached hydrogen (secondary N) is 1. The first-order chi connectivity index (χ1) is 9.86. The summed E-state index contributed by atoms with van der Waals surface area (Å²) in [5.74, 6) is 1.29. The van der Waals surface area contributed by atoms with Crippen LogP contribution in [0.1, 0.15) is 19.2 Å². The molecule has 1 N–H and O–H groups in total. The van der Waals surface area contributed by atoms with E-state index in [-0.39, 0.29) is 0 Å². The van der Waals surface area contributed by atoms with Gasteiger partial charge in [-0.25, -0.2) is 0 Å². The molecule has 1 atom stereocenters. The quantitative estimate of drug-likeness (QED) is 0.901. The lowest BCUT2D eigenvalue weighted by molar-refractivity contribution is 0.191. The van der Waals surface area contributed by atoms with Gasteiger partial charge < -0.3 is 9.73 Å². The lowest BCUT2D eigenvalue weighted by Gasteiger charge is -2.24. The van der Waals surface area contributed by atoms with Crippen LogP contribution in [0.4, 0.5) is 0 Å². The molecule has 0 spiro atoms. The number of hydrogen-bond donors (Lipinski definition) is 1. The number of aromatic nitrogens is 2. The molecule has 1 aliphatic heterocycles. The van der Waals surface area contributed by atoms with Crippen molar-refractivity contribution in [1.29, 1.82) is 0 Å². The van der Waals surface area contributed by atoms with Crippen LogP contribution in [0, 0.1) is 0 Å². The van der Waals surface area contributed by atoms with Crippen molar-refractivity contribution in [3.8, 4) is 11.5 Å². The van der Waals surface area contributed by atoms with E-state index in [1.54, 1.807) is 0 Å². The van der Waals surface area contributed by atoms with Crippen LogP contribution in [0.5, 0.6) is 0 Å². The molecule has 2 aromatic rings. The molecule has 1 aromatic heterocycles. The Morgan fingerprint density at radius 3 is 2.85 bits per heavy atom. The highest BCUT2D eigenvalue weighted by molar-refractivity contribution is 5.51. The lowest BCUT2D eigenvalue weighted by atomic mass is 10.2. The molecule has 5 heteroatoms. The van der Waals surface area contributed by atoms with Crippen LogP contribution in [0.25, 0.3) is 11.5 Å². The largest absolute Gasteiger partial charge is 0.419 e. The van der Waals surface area contributed by atoms with E-state index < -0.39 is 0 Å². The molecule has 0 bridgehead atoms. The van der Waals surface area contributed by atoms with Gasteiger partial charge in [-0.2, -0.15) is 0 Å². The van der Waals surface area contributed by atoms with Crippen molar-refractivity contribution in [3.05, 3.63) is 36.2 Å². The first-order valence-electron chi connectivity index (χ1n) is 7.19. The standard InChI is InChI=1S/C15H20N4O/c1-2-19(13-8-9-16-10-13)11-14-17-18-15(20-14)12-6-4-3-5-7-12/h3-7,13,16H,2,8-11H2,1H3. The van der Waals surface area contributed by atoms with Crippen molar-refractivity contribution >= 4 is 0 Å². The zero-order chi connectivity index (χ0) is 13.8. The van der Waals surface area contributed by atoms with Gasteiger partial charge in [-0.15, -0.1) is 10.2 Å². The number of rotatable bonds is 5. The first-order valence-corrected chi connectivity index (χ1v) is 7.19. The highest BCUT2D eigenvalue weighted by atomic mass is 16.4. The average molecular weight is 272 g/mol. The molecule has 1 unspecified atom stereocenters. The Morgan fingerprint density at radius 1 is 1.30 bits per heavy atom. The normalized spacial score (nSPS) is 18.8. The van der Waals surface area contributed by atoms with E-state index >= 15 is 0 Å². The lowest BCUT2D eigenvalue weighted by Crippen LogP contribution is -2.36. The number of benzene rings is 1. The second-order valence-corrected chi connectivity index (χ2v) is 5.08. The fraction of sp³-hybridized carbons (Fsp3) is 0.467. The Kier molecular flexibility index (Phi) is 4.08. The van der Waals surface area contributed by atoms with Gasteiger partial charge in [0.05, 0.1) is 6.54 Å². The summed E-state index contributed by atoms with van der Waals surface area (Å²) in [4.78, 5) is 2.39. The van der Waals surface area contributed by atoms with Gasteiger partial charge in [-0.3, -0.25) is 4.90 Å². The molecule has 0 aliphatic carbocycles. The summed E-state index contributed by atoms with van der Waals surface area (Å²) in [6.07, 6.45) is 1.19. The third kappa shape index (κ3) is 2.89. The molecule has 0 amide bonds. The fourth-order valence-corrected chi connectivity index (χ4v) is 2.64. The third-order valence-corrected chi connectivity index (χ3v) is 3.78. The van der Waals surface area contributed by atoms with E-state index in [9.17, 15) is 0 Å². The Balaban J connectivity index is 1.70. The SMILES string of the molecule is CCN(Cc1nnc(-c2ccccc2)o1)C1CCNC1. The minimum absolute atomic E-state index is 0.576. The van der Waals surface area contributed by atoms with Crippen molar-refractivity contribution in [3.63, 3.8) is 0 Å². The highest BCUT2D eigenvalue weighted by Gasteiger charge is 2.22. The van der Waals surface area contributed by atoms with Crippen molar-refractivity contribution in [2.75, 3.05) is 19.6 Å². The molecule has 1 aliphatic rings. The zero-order valence-corrected chi connectivity index (χ0v) is 11.7.